The maximum Gasteiger partial charge on any atom is 0.239 e. The minimum Gasteiger partial charge on any atom is -0.341 e. The molecule has 0 aromatic heterocycles. The van der Waals surface area contributed by atoms with Crippen LogP contribution in [0, 0.1) is 11.8 Å². The van der Waals surface area contributed by atoms with Gasteiger partial charge in [-0.2, -0.15) is 0 Å². The number of likely N-dealkylation sites (N-methyl/N-ethyl adjacent to an activating group) is 1. The van der Waals surface area contributed by atoms with Gasteiger partial charge in [0.25, 0.3) is 0 Å². The Morgan fingerprint density at radius 3 is 2.71 bits per heavy atom. The van der Waals surface area contributed by atoms with Crippen LogP contribution in [0.4, 0.5) is 0 Å². The number of hydrogen-bond donors (Lipinski definition) is 1. The molecule has 1 fully saturated rings. The summed E-state index contributed by atoms with van der Waals surface area (Å²) in [4.78, 5) is 14.5. The molecule has 100 valence electrons. The topological polar surface area (TPSA) is 32.3 Å². The van der Waals surface area contributed by atoms with Crippen molar-refractivity contribution in [3.8, 4) is 0 Å². The highest BCUT2D eigenvalue weighted by atomic mass is 16.2. The first-order valence-electron chi connectivity index (χ1n) is 7.12. The second kappa shape index (κ2) is 7.00. The number of rotatable bonds is 5. The third kappa shape index (κ3) is 3.98. The minimum atomic E-state index is 0.0488. The van der Waals surface area contributed by atoms with Crippen molar-refractivity contribution in [2.24, 2.45) is 11.8 Å². The Morgan fingerprint density at radius 2 is 2.18 bits per heavy atom. The van der Waals surface area contributed by atoms with Crippen LogP contribution in [0.25, 0.3) is 0 Å². The lowest BCUT2D eigenvalue weighted by Crippen LogP contribution is -2.53. The third-order valence-electron chi connectivity index (χ3n) is 3.96. The molecule has 0 aromatic carbocycles. The van der Waals surface area contributed by atoms with Gasteiger partial charge in [0.05, 0.1) is 6.04 Å². The van der Waals surface area contributed by atoms with E-state index in [0.717, 1.165) is 26.1 Å². The first-order chi connectivity index (χ1) is 8.10. The molecule has 0 saturated carbocycles. The third-order valence-corrected chi connectivity index (χ3v) is 3.96. The lowest BCUT2D eigenvalue weighted by molar-refractivity contribution is -0.135. The van der Waals surface area contributed by atoms with E-state index in [9.17, 15) is 4.79 Å². The molecule has 0 bridgehead atoms. The first-order valence-corrected chi connectivity index (χ1v) is 7.12. The monoisotopic (exact) mass is 240 g/mol. The summed E-state index contributed by atoms with van der Waals surface area (Å²) < 4.78 is 0. The van der Waals surface area contributed by atoms with Gasteiger partial charge in [-0.1, -0.05) is 27.2 Å². The molecule has 0 spiro atoms. The van der Waals surface area contributed by atoms with Crippen LogP contribution in [-0.4, -0.2) is 36.5 Å². The second-order valence-corrected chi connectivity index (χ2v) is 5.44. The number of nitrogens with zero attached hydrogens (tertiary/aromatic N) is 1. The van der Waals surface area contributed by atoms with E-state index < -0.39 is 0 Å². The van der Waals surface area contributed by atoms with E-state index >= 15 is 0 Å². The summed E-state index contributed by atoms with van der Waals surface area (Å²) in [6.07, 6.45) is 3.50. The molecule has 0 aliphatic carbocycles. The van der Waals surface area contributed by atoms with Gasteiger partial charge >= 0.3 is 0 Å². The Balaban J connectivity index is 2.58. The lowest BCUT2D eigenvalue weighted by atomic mass is 9.91. The second-order valence-electron chi connectivity index (χ2n) is 5.44. The Labute approximate surface area is 106 Å². The Hall–Kier alpha value is -0.570. The largest absolute Gasteiger partial charge is 0.341 e. The molecular weight excluding hydrogens is 212 g/mol. The molecule has 3 nitrogen and oxygen atoms in total. The van der Waals surface area contributed by atoms with Gasteiger partial charge in [0.2, 0.25) is 5.91 Å². The highest BCUT2D eigenvalue weighted by Crippen LogP contribution is 2.18. The van der Waals surface area contributed by atoms with Gasteiger partial charge in [-0.15, -0.1) is 0 Å². The van der Waals surface area contributed by atoms with Gasteiger partial charge in [0.1, 0.15) is 0 Å². The van der Waals surface area contributed by atoms with Crippen LogP contribution in [-0.2, 0) is 4.79 Å². The van der Waals surface area contributed by atoms with Crippen LogP contribution >= 0.6 is 0 Å². The highest BCUT2D eigenvalue weighted by molar-refractivity contribution is 5.82. The zero-order valence-corrected chi connectivity index (χ0v) is 11.8. The van der Waals surface area contributed by atoms with Gasteiger partial charge in [-0.3, -0.25) is 4.79 Å². The maximum absolute atomic E-state index is 12.5. The molecule has 3 unspecified atom stereocenters. The van der Waals surface area contributed by atoms with E-state index in [1.54, 1.807) is 0 Å². The standard InChI is InChI=1S/C14H28N2O/c1-5-11(3)10-16(6-2)14(17)13-12(4)8-7-9-15-13/h11-13,15H,5-10H2,1-4H3. The highest BCUT2D eigenvalue weighted by Gasteiger charge is 2.30. The molecular formula is C14H28N2O. The molecule has 3 heteroatoms. The van der Waals surface area contributed by atoms with E-state index in [4.69, 9.17) is 0 Å². The van der Waals surface area contributed by atoms with Crippen LogP contribution in [0.2, 0.25) is 0 Å². The molecule has 1 aliphatic heterocycles. The van der Waals surface area contributed by atoms with Crippen LogP contribution in [0.5, 0.6) is 0 Å². The van der Waals surface area contributed by atoms with Gasteiger partial charge in [-0.05, 0) is 38.1 Å². The fourth-order valence-electron chi connectivity index (χ4n) is 2.46. The van der Waals surface area contributed by atoms with Crippen molar-refractivity contribution in [3.63, 3.8) is 0 Å². The van der Waals surface area contributed by atoms with Crippen molar-refractivity contribution in [2.75, 3.05) is 19.6 Å². The molecule has 0 radical (unpaired) electrons. The Morgan fingerprint density at radius 1 is 1.47 bits per heavy atom. The van der Waals surface area contributed by atoms with Crippen molar-refractivity contribution < 1.29 is 4.79 Å². The molecule has 0 aromatic rings. The van der Waals surface area contributed by atoms with Gasteiger partial charge in [-0.25, -0.2) is 0 Å². The number of carbonyl (C=O) groups is 1. The minimum absolute atomic E-state index is 0.0488. The summed E-state index contributed by atoms with van der Waals surface area (Å²) in [6.45, 7) is 11.4. The summed E-state index contributed by atoms with van der Waals surface area (Å²) >= 11 is 0. The quantitative estimate of drug-likeness (QED) is 0.799. The maximum atomic E-state index is 12.5. The average Bonchev–Trinajstić information content (AvgIpc) is 2.35. The Bertz CT molecular complexity index is 242. The molecule has 1 N–H and O–H groups in total. The van der Waals surface area contributed by atoms with Gasteiger partial charge in [0, 0.05) is 13.1 Å². The molecule has 1 amide bonds. The lowest BCUT2D eigenvalue weighted by Gasteiger charge is -2.34. The van der Waals surface area contributed by atoms with Crippen molar-refractivity contribution >= 4 is 5.91 Å². The summed E-state index contributed by atoms with van der Waals surface area (Å²) in [5, 5.41) is 3.38. The number of amides is 1. The van der Waals surface area contributed by atoms with Crippen molar-refractivity contribution in [3.05, 3.63) is 0 Å². The van der Waals surface area contributed by atoms with Crippen LogP contribution in [0.15, 0.2) is 0 Å². The first kappa shape index (κ1) is 14.5. The van der Waals surface area contributed by atoms with Crippen LogP contribution in [0.3, 0.4) is 0 Å². The summed E-state index contributed by atoms with van der Waals surface area (Å²) in [6, 6.07) is 0.0488. The molecule has 1 saturated heterocycles. The molecule has 1 heterocycles. The normalized spacial score (nSPS) is 26.6. The van der Waals surface area contributed by atoms with Gasteiger partial charge in [0.15, 0.2) is 0 Å². The van der Waals surface area contributed by atoms with E-state index in [1.165, 1.54) is 12.8 Å². The number of hydrogen-bond acceptors (Lipinski definition) is 2. The van der Waals surface area contributed by atoms with Crippen LogP contribution < -0.4 is 5.32 Å². The number of piperidine rings is 1. The molecule has 3 atom stereocenters. The average molecular weight is 240 g/mol. The fraction of sp³-hybridized carbons (Fsp3) is 0.929. The SMILES string of the molecule is CCC(C)CN(CC)C(=O)C1NCCCC1C. The predicted molar refractivity (Wildman–Crippen MR) is 71.9 cm³/mol. The predicted octanol–water partition coefficient (Wildman–Crippen LogP) is 2.27. The summed E-state index contributed by atoms with van der Waals surface area (Å²) in [7, 11) is 0. The number of carbonyl (C=O) groups excluding carboxylic acids is 1. The fourth-order valence-corrected chi connectivity index (χ4v) is 2.46. The smallest absolute Gasteiger partial charge is 0.239 e. The number of nitrogens with one attached hydrogen (secondary N) is 1. The van der Waals surface area contributed by atoms with Crippen molar-refractivity contribution in [1.82, 2.24) is 10.2 Å². The van der Waals surface area contributed by atoms with Gasteiger partial charge < -0.3 is 10.2 Å². The molecule has 17 heavy (non-hydrogen) atoms. The molecule has 1 rings (SSSR count). The Kier molecular flexibility index (Phi) is 5.96. The zero-order valence-electron chi connectivity index (χ0n) is 11.8. The van der Waals surface area contributed by atoms with Crippen molar-refractivity contribution in [1.29, 1.82) is 0 Å². The summed E-state index contributed by atoms with van der Waals surface area (Å²) in [5.41, 5.74) is 0. The summed E-state index contributed by atoms with van der Waals surface area (Å²) in [5.74, 6) is 1.38. The van der Waals surface area contributed by atoms with Crippen LogP contribution in [0.1, 0.15) is 47.0 Å². The van der Waals surface area contributed by atoms with E-state index in [0.29, 0.717) is 17.7 Å². The van der Waals surface area contributed by atoms with E-state index in [2.05, 4.69) is 33.0 Å². The molecule has 1 aliphatic rings. The van der Waals surface area contributed by atoms with Crippen molar-refractivity contribution in [2.45, 2.75) is 53.0 Å². The van der Waals surface area contributed by atoms with E-state index in [-0.39, 0.29) is 6.04 Å². The van der Waals surface area contributed by atoms with E-state index in [1.807, 2.05) is 4.90 Å². The zero-order chi connectivity index (χ0) is 12.8.